The predicted molar refractivity (Wildman–Crippen MR) is 130 cm³/mol. The Morgan fingerprint density at radius 3 is 2.50 bits per heavy atom. The van der Waals surface area contributed by atoms with Crippen LogP contribution in [0.5, 0.6) is 5.88 Å². The summed E-state index contributed by atoms with van der Waals surface area (Å²) < 4.78 is 56.9. The number of carbonyl (C=O) groups excluding carboxylic acids is 1. The Hall–Kier alpha value is -2.36. The van der Waals surface area contributed by atoms with Gasteiger partial charge >= 0.3 is 12.1 Å². The highest BCUT2D eigenvalue weighted by Crippen LogP contribution is 2.45. The van der Waals surface area contributed by atoms with Crippen molar-refractivity contribution >= 4 is 17.6 Å². The van der Waals surface area contributed by atoms with Gasteiger partial charge in [-0.2, -0.15) is 13.2 Å². The van der Waals surface area contributed by atoms with Crippen LogP contribution in [0.3, 0.4) is 0 Å². The molecular weight excluding hydrogens is 497 g/mol. The minimum absolute atomic E-state index is 0.0405. The Kier molecular flexibility index (Phi) is 8.58. The summed E-state index contributed by atoms with van der Waals surface area (Å²) in [6.07, 6.45) is -4.44. The molecule has 0 saturated carbocycles. The number of halogens is 4. The second-order valence-electron chi connectivity index (χ2n) is 9.89. The number of rotatable bonds is 7. The molecule has 1 aliphatic rings. The van der Waals surface area contributed by atoms with Gasteiger partial charge in [0.2, 0.25) is 5.88 Å². The topological polar surface area (TPSA) is 69.7 Å². The van der Waals surface area contributed by atoms with Crippen molar-refractivity contribution in [2.75, 3.05) is 13.7 Å². The second kappa shape index (κ2) is 10.9. The van der Waals surface area contributed by atoms with Crippen LogP contribution in [-0.4, -0.2) is 36.8 Å². The zero-order valence-corrected chi connectivity index (χ0v) is 22.0. The molecular formula is C26H32ClF3N2O4. The number of alkyl halides is 3. The molecule has 1 N–H and O–H groups in total. The highest BCUT2D eigenvalue weighted by Gasteiger charge is 2.53. The lowest BCUT2D eigenvalue weighted by molar-refractivity contribution is -0.148. The molecule has 0 amide bonds. The molecule has 2 heterocycles. The minimum Gasteiger partial charge on any atom is -0.481 e. The number of esters is 1. The lowest BCUT2D eigenvalue weighted by Gasteiger charge is -2.35. The van der Waals surface area contributed by atoms with Gasteiger partial charge in [0.05, 0.1) is 38.0 Å². The lowest BCUT2D eigenvalue weighted by atomic mass is 9.73. The Morgan fingerprint density at radius 1 is 1.22 bits per heavy atom. The van der Waals surface area contributed by atoms with E-state index in [1.807, 2.05) is 39.8 Å². The van der Waals surface area contributed by atoms with Crippen LogP contribution in [0, 0.1) is 18.3 Å². The summed E-state index contributed by atoms with van der Waals surface area (Å²) in [5.41, 5.74) is 0.488. The molecule has 0 aliphatic carbocycles. The van der Waals surface area contributed by atoms with E-state index in [-0.39, 0.29) is 30.6 Å². The van der Waals surface area contributed by atoms with Gasteiger partial charge in [0.1, 0.15) is 6.04 Å². The molecule has 3 rings (SSSR count). The van der Waals surface area contributed by atoms with Crippen molar-refractivity contribution < 1.29 is 32.2 Å². The van der Waals surface area contributed by atoms with Gasteiger partial charge in [0, 0.05) is 22.7 Å². The molecule has 1 saturated heterocycles. The number of aromatic nitrogens is 1. The third-order valence-electron chi connectivity index (χ3n) is 6.46. The largest absolute Gasteiger partial charge is 0.481 e. The monoisotopic (exact) mass is 528 g/mol. The number of ether oxygens (including phenoxy) is 3. The average molecular weight is 529 g/mol. The molecule has 1 aromatic carbocycles. The Bertz CT molecular complexity index is 1090. The van der Waals surface area contributed by atoms with E-state index in [0.29, 0.717) is 5.02 Å². The molecule has 0 unspecified atom stereocenters. The van der Waals surface area contributed by atoms with Gasteiger partial charge in [-0.05, 0) is 42.5 Å². The SMILES string of the molecule is CCOC(=O)[C@H]1N[C@@H](c2cccc(Cl)c2C)[C@@H](OCc2cc(C(F)(F)F)cnc2OC)[C@H]1C(C)(C)C. The van der Waals surface area contributed by atoms with Crippen LogP contribution in [0.2, 0.25) is 5.02 Å². The molecule has 0 bridgehead atoms. The molecule has 36 heavy (non-hydrogen) atoms. The van der Waals surface area contributed by atoms with Gasteiger partial charge in [0.25, 0.3) is 0 Å². The standard InChI is InChI=1S/C26H32ClF3N2O4/c1-7-35-24(33)21-19(25(3,4)5)22(20(32-21)17-9-8-10-18(27)14(17)2)36-13-15-11-16(26(28,29)30)12-31-23(15)34-6/h8-12,19-22,32H,7,13H2,1-6H3/t19-,20-,21-,22-/m0/s1. The predicted octanol–water partition coefficient (Wildman–Crippen LogP) is 5.89. The van der Waals surface area contributed by atoms with Gasteiger partial charge in [-0.25, -0.2) is 4.98 Å². The van der Waals surface area contributed by atoms with Crippen LogP contribution in [0.1, 0.15) is 56.0 Å². The molecule has 2 aromatic rings. The maximum Gasteiger partial charge on any atom is 0.417 e. The third-order valence-corrected chi connectivity index (χ3v) is 6.87. The van der Waals surface area contributed by atoms with E-state index in [9.17, 15) is 18.0 Å². The van der Waals surface area contributed by atoms with E-state index < -0.39 is 41.3 Å². The Labute approximate surface area is 214 Å². The van der Waals surface area contributed by atoms with Crippen LogP contribution >= 0.6 is 11.6 Å². The molecule has 1 aromatic heterocycles. The van der Waals surface area contributed by atoms with Gasteiger partial charge < -0.3 is 14.2 Å². The highest BCUT2D eigenvalue weighted by molar-refractivity contribution is 6.31. The summed E-state index contributed by atoms with van der Waals surface area (Å²) in [6, 6.07) is 5.30. The maximum atomic E-state index is 13.3. The Balaban J connectivity index is 2.05. The smallest absolute Gasteiger partial charge is 0.417 e. The van der Waals surface area contributed by atoms with E-state index in [2.05, 4.69) is 10.3 Å². The van der Waals surface area contributed by atoms with E-state index in [1.165, 1.54) is 7.11 Å². The molecule has 198 valence electrons. The minimum atomic E-state index is -4.56. The van der Waals surface area contributed by atoms with Gasteiger partial charge in [-0.1, -0.05) is 44.5 Å². The van der Waals surface area contributed by atoms with Crippen LogP contribution in [0.15, 0.2) is 30.5 Å². The summed E-state index contributed by atoms with van der Waals surface area (Å²) in [5, 5.41) is 3.94. The van der Waals surface area contributed by atoms with Gasteiger partial charge in [-0.3, -0.25) is 10.1 Å². The number of nitrogens with one attached hydrogen (secondary N) is 1. The van der Waals surface area contributed by atoms with Crippen molar-refractivity contribution in [3.05, 3.63) is 57.7 Å². The summed E-state index contributed by atoms with van der Waals surface area (Å²) in [7, 11) is 1.34. The van der Waals surface area contributed by atoms with Crippen LogP contribution < -0.4 is 10.1 Å². The zero-order chi connectivity index (χ0) is 26.8. The van der Waals surface area contributed by atoms with E-state index in [1.54, 1.807) is 13.0 Å². The number of methoxy groups -OCH3 is 1. The number of hydrogen-bond acceptors (Lipinski definition) is 6. The second-order valence-corrected chi connectivity index (χ2v) is 10.3. The summed E-state index contributed by atoms with van der Waals surface area (Å²) >= 11 is 6.40. The number of carbonyl (C=O) groups is 1. The van der Waals surface area contributed by atoms with E-state index in [4.69, 9.17) is 25.8 Å². The number of hydrogen-bond donors (Lipinski definition) is 1. The maximum absolute atomic E-state index is 13.3. The average Bonchev–Trinajstić information content (AvgIpc) is 3.19. The van der Waals surface area contributed by atoms with Crippen molar-refractivity contribution in [2.24, 2.45) is 11.3 Å². The fraction of sp³-hybridized carbons (Fsp3) is 0.538. The molecule has 0 spiro atoms. The van der Waals surface area contributed by atoms with Gasteiger partial charge in [-0.15, -0.1) is 0 Å². The number of nitrogens with zero attached hydrogens (tertiary/aromatic N) is 1. The summed E-state index contributed by atoms with van der Waals surface area (Å²) in [5.74, 6) is -0.741. The Morgan fingerprint density at radius 2 is 1.92 bits per heavy atom. The first-order valence-electron chi connectivity index (χ1n) is 11.7. The highest BCUT2D eigenvalue weighted by atomic mass is 35.5. The van der Waals surface area contributed by atoms with Crippen molar-refractivity contribution in [3.63, 3.8) is 0 Å². The molecule has 0 radical (unpaired) electrons. The molecule has 6 nitrogen and oxygen atoms in total. The first kappa shape index (κ1) is 28.2. The molecule has 1 fully saturated rings. The summed E-state index contributed by atoms with van der Waals surface area (Å²) in [6.45, 7) is 9.58. The van der Waals surface area contributed by atoms with Crippen LogP contribution in [0.25, 0.3) is 0 Å². The fourth-order valence-corrected chi connectivity index (χ4v) is 4.96. The van der Waals surface area contributed by atoms with Gasteiger partial charge in [0.15, 0.2) is 0 Å². The normalized spacial score (nSPS) is 22.5. The van der Waals surface area contributed by atoms with Crippen molar-refractivity contribution in [2.45, 2.75) is 65.6 Å². The molecule has 10 heteroatoms. The summed E-state index contributed by atoms with van der Waals surface area (Å²) in [4.78, 5) is 16.8. The first-order chi connectivity index (χ1) is 16.8. The molecule has 1 aliphatic heterocycles. The fourth-order valence-electron chi connectivity index (χ4n) is 4.78. The van der Waals surface area contributed by atoms with Crippen LogP contribution in [-0.2, 0) is 27.1 Å². The van der Waals surface area contributed by atoms with E-state index in [0.717, 1.165) is 23.4 Å². The lowest BCUT2D eigenvalue weighted by Crippen LogP contribution is -2.44. The van der Waals surface area contributed by atoms with Crippen molar-refractivity contribution in [3.8, 4) is 5.88 Å². The third kappa shape index (κ3) is 5.95. The number of benzene rings is 1. The van der Waals surface area contributed by atoms with Crippen molar-refractivity contribution in [1.82, 2.24) is 10.3 Å². The van der Waals surface area contributed by atoms with Crippen molar-refractivity contribution in [1.29, 1.82) is 0 Å². The number of pyridine rings is 1. The van der Waals surface area contributed by atoms with E-state index >= 15 is 0 Å². The zero-order valence-electron chi connectivity index (χ0n) is 21.2. The molecule has 4 atom stereocenters. The quantitative estimate of drug-likeness (QED) is 0.452. The first-order valence-corrected chi connectivity index (χ1v) is 12.1. The van der Waals surface area contributed by atoms with Crippen LogP contribution in [0.4, 0.5) is 13.2 Å².